The van der Waals surface area contributed by atoms with Crippen LogP contribution in [0.4, 0.5) is 0 Å². The first-order valence-corrected chi connectivity index (χ1v) is 2.63. The van der Waals surface area contributed by atoms with Crippen LogP contribution in [0.5, 0.6) is 0 Å². The maximum atomic E-state index is 3.97. The van der Waals surface area contributed by atoms with E-state index in [0.29, 0.717) is 0 Å². The van der Waals surface area contributed by atoms with E-state index in [2.05, 4.69) is 21.3 Å². The number of pyridine rings is 1. The molecule has 0 spiro atoms. The highest BCUT2D eigenvalue weighted by atomic mass is 14.9. The summed E-state index contributed by atoms with van der Waals surface area (Å²) >= 11 is 0. The average molecular weight is 118 g/mol. The minimum atomic E-state index is 0.720. The average Bonchev–Trinajstić information content (AvgIpc) is 2.33. The number of aromatic amines is 1. The minimum Gasteiger partial charge on any atom is -0.334 e. The van der Waals surface area contributed by atoms with Crippen molar-refractivity contribution in [3.8, 4) is 0 Å². The Morgan fingerprint density at radius 2 is 2.56 bits per heavy atom. The van der Waals surface area contributed by atoms with E-state index in [1.807, 2.05) is 12.1 Å². The van der Waals surface area contributed by atoms with E-state index in [9.17, 15) is 0 Å². The van der Waals surface area contributed by atoms with E-state index in [-0.39, 0.29) is 0 Å². The molecule has 0 aliphatic carbocycles. The lowest BCUT2D eigenvalue weighted by atomic mass is 10.4. The molecule has 0 unspecified atom stereocenters. The molecule has 43 valence electrons. The van der Waals surface area contributed by atoms with Gasteiger partial charge in [0.25, 0.3) is 0 Å². The number of rotatable bonds is 0. The van der Waals surface area contributed by atoms with Gasteiger partial charge in [0.2, 0.25) is 0 Å². The smallest absolute Gasteiger partial charge is 0.178 e. The van der Waals surface area contributed by atoms with Gasteiger partial charge >= 0.3 is 0 Å². The molecule has 9 heavy (non-hydrogen) atoms. The molecular formula is C6H4N3. The fraction of sp³-hybridized carbons (Fsp3) is 0. The van der Waals surface area contributed by atoms with Crippen molar-refractivity contribution in [2.24, 2.45) is 0 Å². The van der Waals surface area contributed by atoms with Crippen LogP contribution in [0, 0.1) is 6.33 Å². The summed E-state index contributed by atoms with van der Waals surface area (Å²) in [4.78, 5) is 10.6. The summed E-state index contributed by atoms with van der Waals surface area (Å²) in [5.41, 5.74) is 1.65. The van der Waals surface area contributed by atoms with Gasteiger partial charge < -0.3 is 4.98 Å². The fourth-order valence-electron chi connectivity index (χ4n) is 0.725. The largest absolute Gasteiger partial charge is 0.334 e. The van der Waals surface area contributed by atoms with Crippen molar-refractivity contribution in [3.63, 3.8) is 0 Å². The summed E-state index contributed by atoms with van der Waals surface area (Å²) < 4.78 is 0. The zero-order chi connectivity index (χ0) is 6.10. The summed E-state index contributed by atoms with van der Waals surface area (Å²) in [5, 5.41) is 0. The van der Waals surface area contributed by atoms with Crippen molar-refractivity contribution >= 4 is 11.2 Å². The van der Waals surface area contributed by atoms with Crippen molar-refractivity contribution in [2.75, 3.05) is 0 Å². The molecule has 0 atom stereocenters. The third kappa shape index (κ3) is 0.579. The van der Waals surface area contributed by atoms with E-state index in [1.54, 1.807) is 6.20 Å². The van der Waals surface area contributed by atoms with Crippen molar-refractivity contribution in [2.45, 2.75) is 0 Å². The molecule has 1 radical (unpaired) electrons. The van der Waals surface area contributed by atoms with Gasteiger partial charge in [-0.15, -0.1) is 0 Å². The van der Waals surface area contributed by atoms with Crippen LogP contribution >= 0.6 is 0 Å². The highest BCUT2D eigenvalue weighted by molar-refractivity contribution is 5.68. The first-order valence-electron chi connectivity index (χ1n) is 2.63. The molecule has 1 N–H and O–H groups in total. The van der Waals surface area contributed by atoms with Gasteiger partial charge in [0, 0.05) is 6.20 Å². The van der Waals surface area contributed by atoms with Crippen LogP contribution in [0.2, 0.25) is 0 Å². The van der Waals surface area contributed by atoms with E-state index >= 15 is 0 Å². The summed E-state index contributed by atoms with van der Waals surface area (Å²) in [6.45, 7) is 0. The zero-order valence-corrected chi connectivity index (χ0v) is 4.63. The van der Waals surface area contributed by atoms with Crippen molar-refractivity contribution in [1.29, 1.82) is 0 Å². The van der Waals surface area contributed by atoms with Gasteiger partial charge in [-0.3, -0.25) is 0 Å². The minimum absolute atomic E-state index is 0.720. The lowest BCUT2D eigenvalue weighted by Gasteiger charge is -1.80. The maximum absolute atomic E-state index is 3.97. The Morgan fingerprint density at radius 1 is 1.56 bits per heavy atom. The number of imidazole rings is 1. The normalized spacial score (nSPS) is 10.2. The molecule has 0 aliphatic rings. The predicted octanol–water partition coefficient (Wildman–Crippen LogP) is 0.758. The Balaban J connectivity index is 2.95. The standard InChI is InChI=1S/C6H4N3/c1-2-5-6(7-3-1)9-4-8-5/h1-3H,(H,7,8,9). The topological polar surface area (TPSA) is 41.6 Å². The predicted molar refractivity (Wildman–Crippen MR) is 32.7 cm³/mol. The lowest BCUT2D eigenvalue weighted by Crippen LogP contribution is -1.71. The molecule has 2 heterocycles. The Bertz CT molecular complexity index is 282. The van der Waals surface area contributed by atoms with E-state index in [4.69, 9.17) is 0 Å². The van der Waals surface area contributed by atoms with Crippen LogP contribution in [0.25, 0.3) is 11.2 Å². The van der Waals surface area contributed by atoms with E-state index < -0.39 is 0 Å². The number of hydrogen-bond donors (Lipinski definition) is 1. The third-order valence-electron chi connectivity index (χ3n) is 1.14. The number of fused-ring (bicyclic) bond motifs is 1. The van der Waals surface area contributed by atoms with Crippen LogP contribution in [-0.2, 0) is 0 Å². The molecule has 0 amide bonds. The molecule has 0 fully saturated rings. The monoisotopic (exact) mass is 118 g/mol. The lowest BCUT2D eigenvalue weighted by molar-refractivity contribution is 1.29. The Labute approximate surface area is 51.8 Å². The van der Waals surface area contributed by atoms with Gasteiger partial charge in [-0.2, -0.15) is 0 Å². The molecule has 0 saturated heterocycles. The highest BCUT2D eigenvalue weighted by Crippen LogP contribution is 2.00. The Kier molecular flexibility index (Phi) is 0.773. The first-order chi connectivity index (χ1) is 4.47. The Hall–Kier alpha value is -1.38. The first kappa shape index (κ1) is 4.49. The second kappa shape index (κ2) is 1.55. The molecule has 3 nitrogen and oxygen atoms in total. The van der Waals surface area contributed by atoms with Crippen LogP contribution in [-0.4, -0.2) is 15.0 Å². The molecule has 2 rings (SSSR count). The molecule has 0 aliphatic heterocycles. The van der Waals surface area contributed by atoms with Gasteiger partial charge in [0.1, 0.15) is 0 Å². The second-order valence-electron chi connectivity index (χ2n) is 1.72. The van der Waals surface area contributed by atoms with Crippen LogP contribution in [0.3, 0.4) is 0 Å². The Morgan fingerprint density at radius 3 is 3.44 bits per heavy atom. The molecule has 2 aromatic rings. The van der Waals surface area contributed by atoms with Gasteiger partial charge in [-0.1, -0.05) is 0 Å². The highest BCUT2D eigenvalue weighted by Gasteiger charge is 1.90. The number of H-pyrrole nitrogens is 1. The molecule has 3 heteroatoms. The van der Waals surface area contributed by atoms with Crippen molar-refractivity contribution in [3.05, 3.63) is 24.7 Å². The summed E-state index contributed by atoms with van der Waals surface area (Å²) in [5.74, 6) is 0. The van der Waals surface area contributed by atoms with Crippen molar-refractivity contribution < 1.29 is 0 Å². The molecule has 0 bridgehead atoms. The van der Waals surface area contributed by atoms with Crippen LogP contribution in [0.1, 0.15) is 0 Å². The van der Waals surface area contributed by atoms with Gasteiger partial charge in [-0.05, 0) is 12.1 Å². The zero-order valence-electron chi connectivity index (χ0n) is 4.63. The van der Waals surface area contributed by atoms with Crippen LogP contribution in [0.15, 0.2) is 18.3 Å². The van der Waals surface area contributed by atoms with Gasteiger partial charge in [0.05, 0.1) is 5.52 Å². The van der Waals surface area contributed by atoms with Gasteiger partial charge in [-0.25, -0.2) is 9.97 Å². The number of hydrogen-bond acceptors (Lipinski definition) is 2. The molecule has 2 aromatic heterocycles. The van der Waals surface area contributed by atoms with E-state index in [1.165, 1.54) is 0 Å². The summed E-state index contributed by atoms with van der Waals surface area (Å²) in [7, 11) is 0. The third-order valence-corrected chi connectivity index (χ3v) is 1.14. The second-order valence-corrected chi connectivity index (χ2v) is 1.72. The maximum Gasteiger partial charge on any atom is 0.178 e. The molecular weight excluding hydrogens is 114 g/mol. The number of nitrogens with zero attached hydrogens (tertiary/aromatic N) is 2. The fourth-order valence-corrected chi connectivity index (χ4v) is 0.725. The molecule has 0 saturated carbocycles. The quantitative estimate of drug-likeness (QED) is 0.554. The van der Waals surface area contributed by atoms with Crippen LogP contribution < -0.4 is 0 Å². The summed E-state index contributed by atoms with van der Waals surface area (Å²) in [6, 6.07) is 3.76. The summed E-state index contributed by atoms with van der Waals surface area (Å²) in [6.07, 6.45) is 4.31. The van der Waals surface area contributed by atoms with Gasteiger partial charge in [0.15, 0.2) is 12.0 Å². The SMILES string of the molecule is [c]1nc2ncccc2[nH]1. The number of aromatic nitrogens is 3. The van der Waals surface area contributed by atoms with E-state index in [0.717, 1.165) is 11.2 Å². The van der Waals surface area contributed by atoms with Crippen molar-refractivity contribution in [1.82, 2.24) is 15.0 Å². The number of nitrogens with one attached hydrogen (secondary N) is 1. The molecule has 0 aromatic carbocycles.